The fourth-order valence-corrected chi connectivity index (χ4v) is 4.28. The normalized spacial score (nSPS) is 11.2. The summed E-state index contributed by atoms with van der Waals surface area (Å²) in [6.07, 6.45) is 1.06. The number of fused-ring (bicyclic) bond motifs is 1. The predicted molar refractivity (Wildman–Crippen MR) is 109 cm³/mol. The lowest BCUT2D eigenvalue weighted by molar-refractivity contribution is 0.0951. The van der Waals surface area contributed by atoms with Gasteiger partial charge >= 0.3 is 0 Å². The van der Waals surface area contributed by atoms with Crippen LogP contribution in [0.1, 0.15) is 15.9 Å². The second-order valence-corrected chi connectivity index (χ2v) is 8.73. The van der Waals surface area contributed by atoms with Gasteiger partial charge in [-0.1, -0.05) is 17.4 Å². The van der Waals surface area contributed by atoms with Gasteiger partial charge in [0, 0.05) is 12.1 Å². The zero-order valence-corrected chi connectivity index (χ0v) is 17.1. The third kappa shape index (κ3) is 4.70. The van der Waals surface area contributed by atoms with Crippen molar-refractivity contribution in [3.63, 3.8) is 0 Å². The molecule has 28 heavy (non-hydrogen) atoms. The molecule has 2 N–H and O–H groups in total. The maximum Gasteiger partial charge on any atom is 0.251 e. The number of aromatic nitrogens is 1. The Morgan fingerprint density at radius 2 is 1.86 bits per heavy atom. The summed E-state index contributed by atoms with van der Waals surface area (Å²) in [6, 6.07) is 10.4. The van der Waals surface area contributed by atoms with Gasteiger partial charge in [0.25, 0.3) is 5.91 Å². The van der Waals surface area contributed by atoms with E-state index < -0.39 is 10.0 Å². The maximum absolute atomic E-state index is 12.5. The van der Waals surface area contributed by atoms with Crippen molar-refractivity contribution in [1.29, 1.82) is 0 Å². The van der Waals surface area contributed by atoms with Gasteiger partial charge in [0.2, 0.25) is 10.0 Å². The number of hydrogen-bond donors (Lipinski definition) is 2. The molecule has 0 aliphatic carbocycles. The average Bonchev–Trinajstić information content (AvgIpc) is 3.05. The fraction of sp³-hybridized carbons (Fsp3) is 0.222. The summed E-state index contributed by atoms with van der Waals surface area (Å²) in [5.41, 5.74) is 1.94. The highest BCUT2D eigenvalue weighted by molar-refractivity contribution is 7.92. The van der Waals surface area contributed by atoms with Crippen molar-refractivity contribution >= 4 is 42.6 Å². The standard InChI is InChI=1S/C18H19N3O5S2/c1-25-14-7-4-11(8-15(14)26-2)10-19-17(22)12-5-6-13-16(9-12)27-18(20-13)21-28(3,23)24/h4-9H,10H2,1-3H3,(H,19,22)(H,20,21). The lowest BCUT2D eigenvalue weighted by atomic mass is 10.1. The minimum Gasteiger partial charge on any atom is -0.493 e. The van der Waals surface area contributed by atoms with E-state index in [1.54, 1.807) is 44.6 Å². The highest BCUT2D eigenvalue weighted by Gasteiger charge is 2.12. The van der Waals surface area contributed by atoms with E-state index in [4.69, 9.17) is 9.47 Å². The second-order valence-electron chi connectivity index (χ2n) is 5.95. The summed E-state index contributed by atoms with van der Waals surface area (Å²) < 4.78 is 36.2. The molecule has 1 heterocycles. The third-order valence-corrected chi connectivity index (χ3v) is 5.45. The summed E-state index contributed by atoms with van der Waals surface area (Å²) in [5.74, 6) is 0.959. The quantitative estimate of drug-likeness (QED) is 0.607. The number of nitrogens with zero attached hydrogens (tertiary/aromatic N) is 1. The Kier molecular flexibility index (Phi) is 5.71. The molecule has 8 nitrogen and oxygen atoms in total. The zero-order valence-electron chi connectivity index (χ0n) is 15.5. The van der Waals surface area contributed by atoms with Crippen molar-refractivity contribution in [2.75, 3.05) is 25.2 Å². The third-order valence-electron chi connectivity index (χ3n) is 3.82. The fourth-order valence-electron chi connectivity index (χ4n) is 2.54. The molecular formula is C18H19N3O5S2. The van der Waals surface area contributed by atoms with Crippen LogP contribution >= 0.6 is 11.3 Å². The van der Waals surface area contributed by atoms with Crippen molar-refractivity contribution in [2.24, 2.45) is 0 Å². The Morgan fingerprint density at radius 1 is 1.11 bits per heavy atom. The molecule has 0 radical (unpaired) electrons. The number of carbonyl (C=O) groups is 1. The smallest absolute Gasteiger partial charge is 0.251 e. The van der Waals surface area contributed by atoms with Gasteiger partial charge in [-0.15, -0.1) is 0 Å². The number of amides is 1. The van der Waals surface area contributed by atoms with Crippen LogP contribution in [0.25, 0.3) is 10.2 Å². The molecule has 148 valence electrons. The molecule has 0 saturated heterocycles. The van der Waals surface area contributed by atoms with Gasteiger partial charge in [-0.3, -0.25) is 9.52 Å². The molecule has 1 aromatic heterocycles. The molecular weight excluding hydrogens is 402 g/mol. The van der Waals surface area contributed by atoms with Gasteiger partial charge in [-0.05, 0) is 35.9 Å². The number of hydrogen-bond acceptors (Lipinski definition) is 7. The Hall–Kier alpha value is -2.85. The van der Waals surface area contributed by atoms with Gasteiger partial charge in [0.15, 0.2) is 16.6 Å². The summed E-state index contributed by atoms with van der Waals surface area (Å²) >= 11 is 1.17. The predicted octanol–water partition coefficient (Wildman–Crippen LogP) is 2.62. The first-order chi connectivity index (χ1) is 13.3. The molecule has 0 fully saturated rings. The van der Waals surface area contributed by atoms with E-state index in [1.165, 1.54) is 11.3 Å². The lowest BCUT2D eigenvalue weighted by Gasteiger charge is -2.10. The van der Waals surface area contributed by atoms with Crippen LogP contribution in [0.3, 0.4) is 0 Å². The molecule has 0 aliphatic heterocycles. The van der Waals surface area contributed by atoms with Gasteiger partial charge in [0.05, 0.1) is 30.7 Å². The largest absolute Gasteiger partial charge is 0.493 e. The first-order valence-corrected chi connectivity index (χ1v) is 10.9. The molecule has 3 aromatic rings. The first kappa shape index (κ1) is 19.9. The number of thiazole rings is 1. The van der Waals surface area contributed by atoms with E-state index >= 15 is 0 Å². The average molecular weight is 422 g/mol. The number of benzene rings is 2. The number of ether oxygens (including phenoxy) is 2. The van der Waals surface area contributed by atoms with Crippen LogP contribution in [0.15, 0.2) is 36.4 Å². The molecule has 0 bridgehead atoms. The Morgan fingerprint density at radius 3 is 2.54 bits per heavy atom. The Balaban J connectivity index is 1.73. The number of carbonyl (C=O) groups excluding carboxylic acids is 1. The molecule has 0 aliphatic rings. The van der Waals surface area contributed by atoms with E-state index in [9.17, 15) is 13.2 Å². The van der Waals surface area contributed by atoms with Crippen molar-refractivity contribution in [2.45, 2.75) is 6.54 Å². The molecule has 0 spiro atoms. The molecule has 2 aromatic carbocycles. The molecule has 0 saturated carbocycles. The minimum atomic E-state index is -3.40. The van der Waals surface area contributed by atoms with E-state index in [-0.39, 0.29) is 11.0 Å². The van der Waals surface area contributed by atoms with Crippen LogP contribution in [0.4, 0.5) is 5.13 Å². The van der Waals surface area contributed by atoms with Crippen LogP contribution in [-0.4, -0.2) is 39.8 Å². The number of rotatable bonds is 7. The van der Waals surface area contributed by atoms with Crippen LogP contribution in [0.2, 0.25) is 0 Å². The van der Waals surface area contributed by atoms with Crippen molar-refractivity contribution < 1.29 is 22.7 Å². The summed E-state index contributed by atoms with van der Waals surface area (Å²) in [4.78, 5) is 16.7. The Bertz CT molecular complexity index is 1130. The van der Waals surface area contributed by atoms with Crippen molar-refractivity contribution in [3.8, 4) is 11.5 Å². The maximum atomic E-state index is 12.5. The summed E-state index contributed by atoms with van der Waals surface area (Å²) in [5, 5.41) is 3.12. The number of methoxy groups -OCH3 is 2. The van der Waals surface area contributed by atoms with Gasteiger partial charge in [-0.2, -0.15) is 0 Å². The molecule has 0 unspecified atom stereocenters. The van der Waals surface area contributed by atoms with E-state index in [1.807, 2.05) is 6.07 Å². The molecule has 10 heteroatoms. The minimum absolute atomic E-state index is 0.247. The Labute approximate surface area is 166 Å². The van der Waals surface area contributed by atoms with Crippen LogP contribution in [-0.2, 0) is 16.6 Å². The van der Waals surface area contributed by atoms with Gasteiger partial charge in [0.1, 0.15) is 0 Å². The van der Waals surface area contributed by atoms with Crippen LogP contribution in [0, 0.1) is 0 Å². The highest BCUT2D eigenvalue weighted by Crippen LogP contribution is 2.28. The van der Waals surface area contributed by atoms with E-state index in [0.717, 1.165) is 11.8 Å². The zero-order chi connectivity index (χ0) is 20.3. The van der Waals surface area contributed by atoms with Crippen LogP contribution < -0.4 is 19.5 Å². The lowest BCUT2D eigenvalue weighted by Crippen LogP contribution is -2.22. The summed E-state index contributed by atoms with van der Waals surface area (Å²) in [6.45, 7) is 0.320. The topological polar surface area (TPSA) is 107 Å². The van der Waals surface area contributed by atoms with E-state index in [2.05, 4.69) is 15.0 Å². The molecule has 0 atom stereocenters. The molecule has 1 amide bonds. The van der Waals surface area contributed by atoms with Crippen molar-refractivity contribution in [1.82, 2.24) is 10.3 Å². The van der Waals surface area contributed by atoms with Gasteiger partial charge in [-0.25, -0.2) is 13.4 Å². The number of nitrogens with one attached hydrogen (secondary N) is 2. The van der Waals surface area contributed by atoms with Crippen molar-refractivity contribution in [3.05, 3.63) is 47.5 Å². The highest BCUT2D eigenvalue weighted by atomic mass is 32.2. The monoisotopic (exact) mass is 421 g/mol. The SMILES string of the molecule is COc1ccc(CNC(=O)c2ccc3nc(NS(C)(=O)=O)sc3c2)cc1OC. The number of sulfonamides is 1. The first-order valence-electron chi connectivity index (χ1n) is 8.16. The van der Waals surface area contributed by atoms with Crippen LogP contribution in [0.5, 0.6) is 11.5 Å². The second kappa shape index (κ2) is 8.03. The van der Waals surface area contributed by atoms with Gasteiger partial charge < -0.3 is 14.8 Å². The van der Waals surface area contributed by atoms with E-state index in [0.29, 0.717) is 33.8 Å². The molecule has 3 rings (SSSR count). The summed E-state index contributed by atoms with van der Waals surface area (Å²) in [7, 11) is -0.288. The number of anilines is 1.